The van der Waals surface area contributed by atoms with Gasteiger partial charge in [0.05, 0.1) is 28.0 Å². The number of rotatable bonds is 7. The highest BCUT2D eigenvalue weighted by Crippen LogP contribution is 2.35. The van der Waals surface area contributed by atoms with Crippen LogP contribution >= 0.6 is 22.6 Å². The number of hydrogen-bond donors (Lipinski definition) is 0. The van der Waals surface area contributed by atoms with Crippen LogP contribution in [-0.2, 0) is 4.74 Å². The molecule has 1 atom stereocenters. The summed E-state index contributed by atoms with van der Waals surface area (Å²) >= 11 is 2.25. The number of fused-ring (bicyclic) bond motifs is 1. The van der Waals surface area contributed by atoms with Gasteiger partial charge in [0.2, 0.25) is 0 Å². The Morgan fingerprint density at radius 2 is 1.95 bits per heavy atom. The Balaban J connectivity index is 1.36. The van der Waals surface area contributed by atoms with Gasteiger partial charge in [0.25, 0.3) is 0 Å². The number of nitriles is 1. The summed E-state index contributed by atoms with van der Waals surface area (Å²) in [6.45, 7) is 3.91. The zero-order chi connectivity index (χ0) is 27.6. The van der Waals surface area contributed by atoms with Gasteiger partial charge in [0.1, 0.15) is 41.4 Å². The largest absolute Gasteiger partial charge is 0.482 e. The highest BCUT2D eigenvalue weighted by atomic mass is 127. The quantitative estimate of drug-likeness (QED) is 0.200. The van der Waals surface area contributed by atoms with E-state index in [0.717, 1.165) is 44.4 Å². The predicted molar refractivity (Wildman–Crippen MR) is 153 cm³/mol. The summed E-state index contributed by atoms with van der Waals surface area (Å²) < 4.78 is 30.4. The van der Waals surface area contributed by atoms with Crippen molar-refractivity contribution in [3.05, 3.63) is 88.3 Å². The Labute approximate surface area is 244 Å². The van der Waals surface area contributed by atoms with Crippen LogP contribution in [0.25, 0.3) is 16.8 Å². The lowest BCUT2D eigenvalue weighted by Gasteiger charge is -2.28. The number of halogens is 2. The SMILES string of the molecule is Cc1c(-c2cc(OC(CN3C=COC=C3)c3ccc(F)cc3)c3c(I)cnn3c2)nnn1C1CCN(C#N)CC1. The molecule has 10 nitrogen and oxygen atoms in total. The molecule has 1 fully saturated rings. The third-order valence-electron chi connectivity index (χ3n) is 7.23. The van der Waals surface area contributed by atoms with Gasteiger partial charge in [0, 0.05) is 37.2 Å². The molecule has 1 aromatic carbocycles. The first kappa shape index (κ1) is 26.1. The summed E-state index contributed by atoms with van der Waals surface area (Å²) in [7, 11) is 0. The minimum atomic E-state index is -0.431. The zero-order valence-corrected chi connectivity index (χ0v) is 23.8. The van der Waals surface area contributed by atoms with Crippen LogP contribution in [0.15, 0.2) is 67.6 Å². The van der Waals surface area contributed by atoms with Gasteiger partial charge in [-0.2, -0.15) is 10.4 Å². The molecule has 0 N–H and O–H groups in total. The third-order valence-corrected chi connectivity index (χ3v) is 8.02. The minimum Gasteiger partial charge on any atom is -0.482 e. The van der Waals surface area contributed by atoms with Gasteiger partial charge in [-0.15, -0.1) is 5.10 Å². The number of likely N-dealkylation sites (tertiary alicyclic amines) is 1. The number of pyridine rings is 1. The molecule has 204 valence electrons. The number of aromatic nitrogens is 5. The maximum absolute atomic E-state index is 13.8. The van der Waals surface area contributed by atoms with Crippen LogP contribution in [0.2, 0.25) is 0 Å². The highest BCUT2D eigenvalue weighted by molar-refractivity contribution is 14.1. The van der Waals surface area contributed by atoms with Crippen LogP contribution in [-0.4, -0.2) is 54.0 Å². The van der Waals surface area contributed by atoms with Crippen molar-refractivity contribution in [2.45, 2.75) is 31.9 Å². The molecule has 0 aliphatic carbocycles. The molecule has 40 heavy (non-hydrogen) atoms. The Kier molecular flexibility index (Phi) is 7.29. The Morgan fingerprint density at radius 3 is 2.67 bits per heavy atom. The van der Waals surface area contributed by atoms with Crippen molar-refractivity contribution in [1.82, 2.24) is 34.4 Å². The van der Waals surface area contributed by atoms with Crippen molar-refractivity contribution in [1.29, 1.82) is 5.26 Å². The monoisotopic (exact) mass is 652 g/mol. The third kappa shape index (κ3) is 5.21. The van der Waals surface area contributed by atoms with E-state index in [1.54, 1.807) is 40.3 Å². The van der Waals surface area contributed by atoms with Crippen molar-refractivity contribution >= 4 is 28.1 Å². The average Bonchev–Trinajstić information content (AvgIpc) is 3.56. The average molecular weight is 652 g/mol. The molecule has 0 amide bonds. The van der Waals surface area contributed by atoms with Crippen molar-refractivity contribution in [3.63, 3.8) is 0 Å². The van der Waals surface area contributed by atoms with E-state index in [0.29, 0.717) is 25.4 Å². The van der Waals surface area contributed by atoms with Crippen molar-refractivity contribution in [3.8, 4) is 23.2 Å². The number of nitrogens with zero attached hydrogens (tertiary/aromatic N) is 8. The zero-order valence-electron chi connectivity index (χ0n) is 21.7. The molecule has 5 heterocycles. The molecular formula is C28H26FIN8O2. The van der Waals surface area contributed by atoms with Crippen LogP contribution in [0, 0.1) is 27.8 Å². The fraction of sp³-hybridized carbons (Fsp3) is 0.286. The van der Waals surface area contributed by atoms with Crippen LogP contribution in [0.1, 0.15) is 36.2 Å². The van der Waals surface area contributed by atoms with Crippen molar-refractivity contribution < 1.29 is 13.9 Å². The van der Waals surface area contributed by atoms with E-state index in [4.69, 9.17) is 9.47 Å². The topological polar surface area (TPSA) is 96.7 Å². The van der Waals surface area contributed by atoms with Gasteiger partial charge in [-0.1, -0.05) is 17.3 Å². The molecule has 6 rings (SSSR count). The normalized spacial score (nSPS) is 16.2. The molecule has 12 heteroatoms. The van der Waals surface area contributed by atoms with E-state index in [2.05, 4.69) is 44.2 Å². The van der Waals surface area contributed by atoms with E-state index < -0.39 is 6.10 Å². The Bertz CT molecular complexity index is 1600. The van der Waals surface area contributed by atoms with Crippen LogP contribution in [0.5, 0.6) is 5.75 Å². The number of piperidine rings is 1. The second-order valence-corrected chi connectivity index (χ2v) is 10.9. The summed E-state index contributed by atoms with van der Waals surface area (Å²) in [5.41, 5.74) is 4.18. The standard InChI is InChI=1S/C28H26FIN8O2/c1-19-27(33-34-38(19)23-6-8-36(18-31)9-7-23)21-14-25(28-24(30)15-32-37(28)16-21)40-26(17-35-10-12-39-13-11-35)20-2-4-22(29)5-3-20/h2-5,10-16,23,26H,6-9,17H2,1H3. The fourth-order valence-corrected chi connectivity index (χ4v) is 5.75. The van der Waals surface area contributed by atoms with Gasteiger partial charge in [-0.05, 0) is 66.1 Å². The van der Waals surface area contributed by atoms with E-state index in [-0.39, 0.29) is 11.9 Å². The van der Waals surface area contributed by atoms with Gasteiger partial charge in [-0.25, -0.2) is 13.6 Å². The smallest absolute Gasteiger partial charge is 0.179 e. The Hall–Kier alpha value is -4.12. The van der Waals surface area contributed by atoms with E-state index >= 15 is 0 Å². The lowest BCUT2D eigenvalue weighted by atomic mass is 10.0. The van der Waals surface area contributed by atoms with E-state index in [9.17, 15) is 9.65 Å². The molecule has 0 bridgehead atoms. The van der Waals surface area contributed by atoms with E-state index in [1.165, 1.54) is 12.1 Å². The van der Waals surface area contributed by atoms with Crippen molar-refractivity contribution in [2.24, 2.45) is 0 Å². The first-order valence-electron chi connectivity index (χ1n) is 12.9. The predicted octanol–water partition coefficient (Wildman–Crippen LogP) is 5.16. The van der Waals surface area contributed by atoms with Gasteiger partial charge in [-0.3, -0.25) is 0 Å². The summed E-state index contributed by atoms with van der Waals surface area (Å²) in [4.78, 5) is 3.73. The maximum Gasteiger partial charge on any atom is 0.179 e. The summed E-state index contributed by atoms with van der Waals surface area (Å²) in [6.07, 6.45) is 14.0. The summed E-state index contributed by atoms with van der Waals surface area (Å²) in [5, 5.41) is 22.8. The summed E-state index contributed by atoms with van der Waals surface area (Å²) in [6, 6.07) is 8.52. The Morgan fingerprint density at radius 1 is 1.20 bits per heavy atom. The first-order valence-corrected chi connectivity index (χ1v) is 14.0. The molecule has 2 aliphatic heterocycles. The maximum atomic E-state index is 13.8. The fourth-order valence-electron chi connectivity index (χ4n) is 5.11. The molecule has 0 saturated carbocycles. The van der Waals surface area contributed by atoms with Gasteiger partial charge in [0.15, 0.2) is 6.19 Å². The highest BCUT2D eigenvalue weighted by Gasteiger charge is 2.25. The second-order valence-electron chi connectivity index (χ2n) is 9.73. The molecule has 1 saturated heterocycles. The molecule has 0 spiro atoms. The molecule has 4 aromatic rings. The van der Waals surface area contributed by atoms with Crippen LogP contribution < -0.4 is 4.74 Å². The molecule has 2 aliphatic rings. The van der Waals surface area contributed by atoms with Crippen LogP contribution in [0.3, 0.4) is 0 Å². The second kappa shape index (κ2) is 11.2. The van der Waals surface area contributed by atoms with Gasteiger partial charge < -0.3 is 19.3 Å². The molecular weight excluding hydrogens is 626 g/mol. The molecule has 3 aromatic heterocycles. The number of benzene rings is 1. The van der Waals surface area contributed by atoms with Crippen molar-refractivity contribution in [2.75, 3.05) is 19.6 Å². The van der Waals surface area contributed by atoms with Gasteiger partial charge >= 0.3 is 0 Å². The number of ether oxygens (including phenoxy) is 2. The molecule has 0 radical (unpaired) electrons. The molecule has 1 unspecified atom stereocenters. The summed E-state index contributed by atoms with van der Waals surface area (Å²) in [5.74, 6) is 0.325. The van der Waals surface area contributed by atoms with E-state index in [1.807, 2.05) is 41.2 Å². The van der Waals surface area contributed by atoms with Crippen LogP contribution in [0.4, 0.5) is 4.39 Å². The first-order chi connectivity index (χ1) is 19.5. The lowest BCUT2D eigenvalue weighted by molar-refractivity contribution is 0.173. The lowest BCUT2D eigenvalue weighted by Crippen LogP contribution is -2.31. The number of hydrogen-bond acceptors (Lipinski definition) is 8. The minimum absolute atomic E-state index is 0.188.